The zero-order chi connectivity index (χ0) is 64.0. The molecule has 89 heavy (non-hydrogen) atoms. The van der Waals surface area contributed by atoms with Crippen molar-refractivity contribution >= 4 is 11.9 Å². The Bertz CT molecular complexity index is 1420. The number of rotatable bonds is 78. The Morgan fingerprint density at radius 3 is 0.674 bits per heavy atom. The maximum Gasteiger partial charge on any atom is 0.306 e. The lowest BCUT2D eigenvalue weighted by Gasteiger charge is -2.15. The van der Waals surface area contributed by atoms with Gasteiger partial charge >= 0.3 is 11.9 Å². The van der Waals surface area contributed by atoms with E-state index in [9.17, 15) is 14.7 Å². The average Bonchev–Trinajstić information content (AvgIpc) is 3.55. The molecule has 5 nitrogen and oxygen atoms in total. The Kier molecular flexibility index (Phi) is 78.7. The fourth-order valence-corrected chi connectivity index (χ4v) is 13.0. The summed E-state index contributed by atoms with van der Waals surface area (Å²) in [6.45, 7) is 4.21. The molecule has 1 atom stereocenters. The van der Waals surface area contributed by atoms with Crippen molar-refractivity contribution in [3.63, 3.8) is 0 Å². The van der Waals surface area contributed by atoms with Gasteiger partial charge in [0, 0.05) is 12.8 Å². The van der Waals surface area contributed by atoms with Crippen LogP contribution >= 0.6 is 0 Å². The lowest BCUT2D eigenvalue weighted by atomic mass is 10.0. The average molecular weight is 1250 g/mol. The fourth-order valence-electron chi connectivity index (χ4n) is 13.0. The molecule has 0 aromatic carbocycles. The van der Waals surface area contributed by atoms with E-state index in [1.165, 1.54) is 398 Å². The molecule has 0 fully saturated rings. The number of hydrogen-bond acceptors (Lipinski definition) is 5. The standard InChI is InChI=1S/C84H160O5/c1-3-5-7-9-11-13-15-17-19-21-23-25-27-29-31-33-35-37-39-40-41-42-43-44-45-47-49-51-53-55-57-59-61-63-65-67-69-71-73-75-77-79-84(87)89-82(80-85)81-88-83(86)78-76-74-72-70-68-66-64-62-60-58-56-54-52-50-48-46-38-36-34-32-30-28-26-24-22-20-18-16-14-12-10-8-6-4-2/h15,17,21,23,27,29,82,85H,3-14,16,18-20,22,24-26,28,30-81H2,1-2H3/b17-15-,23-21-,29-27-. The number of allylic oxidation sites excluding steroid dienone is 6. The molecule has 0 aromatic heterocycles. The fraction of sp³-hybridized carbons (Fsp3) is 0.905. The van der Waals surface area contributed by atoms with E-state index in [1.807, 2.05) is 0 Å². The van der Waals surface area contributed by atoms with Gasteiger partial charge in [-0.15, -0.1) is 0 Å². The van der Waals surface area contributed by atoms with Gasteiger partial charge in [0.15, 0.2) is 6.10 Å². The number of esters is 2. The summed E-state index contributed by atoms with van der Waals surface area (Å²) in [5.41, 5.74) is 0. The third-order valence-corrected chi connectivity index (χ3v) is 19.2. The number of carbonyl (C=O) groups is 2. The molecule has 5 heteroatoms. The van der Waals surface area contributed by atoms with E-state index < -0.39 is 6.10 Å². The summed E-state index contributed by atoms with van der Waals surface area (Å²) in [6.07, 6.45) is 108. The van der Waals surface area contributed by atoms with Crippen LogP contribution in [0.25, 0.3) is 0 Å². The van der Waals surface area contributed by atoms with E-state index >= 15 is 0 Å². The molecule has 0 spiro atoms. The van der Waals surface area contributed by atoms with Crippen molar-refractivity contribution < 1.29 is 24.2 Å². The number of aliphatic hydroxyl groups is 1. The first-order valence-corrected chi connectivity index (χ1v) is 41.0. The van der Waals surface area contributed by atoms with Crippen molar-refractivity contribution in [3.05, 3.63) is 36.5 Å². The minimum Gasteiger partial charge on any atom is -0.462 e. The molecule has 0 saturated heterocycles. The van der Waals surface area contributed by atoms with Gasteiger partial charge in [-0.3, -0.25) is 9.59 Å². The van der Waals surface area contributed by atoms with E-state index in [0.29, 0.717) is 12.8 Å². The van der Waals surface area contributed by atoms with E-state index in [-0.39, 0.29) is 25.2 Å². The van der Waals surface area contributed by atoms with Gasteiger partial charge < -0.3 is 14.6 Å². The molecule has 0 rings (SSSR count). The highest BCUT2D eigenvalue weighted by Gasteiger charge is 2.16. The van der Waals surface area contributed by atoms with Crippen LogP contribution in [-0.2, 0) is 19.1 Å². The SMILES string of the molecule is CCCCCCC/C=C\C/C=C\C/C=C\CCCCCCCCCCCCCCCCCCCCCCCCCCCCC(=O)OC(CO)COC(=O)CCCCCCCCCCCCCCCCCCCCCCCCCCCCCCCCCCCC. The van der Waals surface area contributed by atoms with Crippen molar-refractivity contribution in [1.82, 2.24) is 0 Å². The molecule has 526 valence electrons. The van der Waals surface area contributed by atoms with Gasteiger partial charge in [0.1, 0.15) is 6.61 Å². The molecule has 0 aliphatic rings. The van der Waals surface area contributed by atoms with Gasteiger partial charge in [-0.25, -0.2) is 0 Å². The zero-order valence-electron chi connectivity index (χ0n) is 60.7. The maximum absolute atomic E-state index is 12.4. The molecule has 1 N–H and O–H groups in total. The van der Waals surface area contributed by atoms with Crippen LogP contribution in [0.2, 0.25) is 0 Å². The smallest absolute Gasteiger partial charge is 0.306 e. The topological polar surface area (TPSA) is 72.8 Å². The molecule has 0 bridgehead atoms. The van der Waals surface area contributed by atoms with E-state index in [2.05, 4.69) is 50.3 Å². The second-order valence-corrected chi connectivity index (χ2v) is 28.2. The third kappa shape index (κ3) is 78.5. The van der Waals surface area contributed by atoms with Gasteiger partial charge in [0.05, 0.1) is 6.61 Å². The second-order valence-electron chi connectivity index (χ2n) is 28.2. The van der Waals surface area contributed by atoms with Crippen LogP contribution in [-0.4, -0.2) is 36.4 Å². The monoisotopic (exact) mass is 1250 g/mol. The molecule has 0 radical (unpaired) electrons. The summed E-state index contributed by atoms with van der Waals surface area (Å²) in [7, 11) is 0. The summed E-state index contributed by atoms with van der Waals surface area (Å²) in [6, 6.07) is 0. The first kappa shape index (κ1) is 87.1. The van der Waals surface area contributed by atoms with Crippen LogP contribution in [0.3, 0.4) is 0 Å². The van der Waals surface area contributed by atoms with Crippen molar-refractivity contribution in [2.45, 2.75) is 476 Å². The molecule has 0 aromatic rings. The minimum absolute atomic E-state index is 0.0573. The summed E-state index contributed by atoms with van der Waals surface area (Å²) in [5, 5.41) is 9.73. The first-order valence-electron chi connectivity index (χ1n) is 41.0. The van der Waals surface area contributed by atoms with Crippen molar-refractivity contribution in [2.75, 3.05) is 13.2 Å². The van der Waals surface area contributed by atoms with Crippen molar-refractivity contribution in [3.8, 4) is 0 Å². The predicted octanol–water partition coefficient (Wildman–Crippen LogP) is 28.8. The third-order valence-electron chi connectivity index (χ3n) is 19.2. The Balaban J connectivity index is 3.35. The molecule has 1 unspecified atom stereocenters. The zero-order valence-corrected chi connectivity index (χ0v) is 60.7. The normalized spacial score (nSPS) is 12.3. The van der Waals surface area contributed by atoms with Gasteiger partial charge in [0.25, 0.3) is 0 Å². The summed E-state index contributed by atoms with van der Waals surface area (Å²) < 4.78 is 10.8. The Morgan fingerprint density at radius 2 is 0.449 bits per heavy atom. The van der Waals surface area contributed by atoms with E-state index in [4.69, 9.17) is 9.47 Å². The van der Waals surface area contributed by atoms with Crippen LogP contribution in [0.4, 0.5) is 0 Å². The van der Waals surface area contributed by atoms with Crippen LogP contribution in [0.5, 0.6) is 0 Å². The summed E-state index contributed by atoms with van der Waals surface area (Å²) in [5.74, 6) is -0.559. The van der Waals surface area contributed by atoms with Crippen LogP contribution < -0.4 is 0 Å². The van der Waals surface area contributed by atoms with Crippen LogP contribution in [0.1, 0.15) is 470 Å². The highest BCUT2D eigenvalue weighted by molar-refractivity contribution is 5.70. The van der Waals surface area contributed by atoms with E-state index in [1.54, 1.807) is 0 Å². The van der Waals surface area contributed by atoms with E-state index in [0.717, 1.165) is 44.9 Å². The molecule has 0 heterocycles. The Labute approximate surface area is 558 Å². The van der Waals surface area contributed by atoms with Crippen LogP contribution in [0, 0.1) is 0 Å². The molecule has 0 aliphatic carbocycles. The summed E-state index contributed by atoms with van der Waals surface area (Å²) in [4.78, 5) is 24.7. The van der Waals surface area contributed by atoms with Gasteiger partial charge in [-0.2, -0.15) is 0 Å². The molecular weight excluding hydrogens is 1090 g/mol. The molecule has 0 saturated carbocycles. The number of unbranched alkanes of at least 4 members (excludes halogenated alkanes) is 64. The number of hydrogen-bond donors (Lipinski definition) is 1. The molecule has 0 amide bonds. The van der Waals surface area contributed by atoms with Crippen molar-refractivity contribution in [2.24, 2.45) is 0 Å². The Morgan fingerprint density at radius 1 is 0.258 bits per heavy atom. The lowest BCUT2D eigenvalue weighted by Crippen LogP contribution is -2.28. The maximum atomic E-state index is 12.4. The van der Waals surface area contributed by atoms with Gasteiger partial charge in [0.2, 0.25) is 0 Å². The number of ether oxygens (including phenoxy) is 2. The highest BCUT2D eigenvalue weighted by atomic mass is 16.6. The van der Waals surface area contributed by atoms with Gasteiger partial charge in [-0.05, 0) is 51.4 Å². The number of carbonyl (C=O) groups excluding carboxylic acids is 2. The quantitative estimate of drug-likeness (QED) is 0.0373. The predicted molar refractivity (Wildman–Crippen MR) is 394 cm³/mol. The molecular formula is C84H160O5. The van der Waals surface area contributed by atoms with Crippen molar-refractivity contribution in [1.29, 1.82) is 0 Å². The van der Waals surface area contributed by atoms with Crippen LogP contribution in [0.15, 0.2) is 36.5 Å². The highest BCUT2D eigenvalue weighted by Crippen LogP contribution is 2.21. The second kappa shape index (κ2) is 80.4. The Hall–Kier alpha value is -1.88. The minimum atomic E-state index is -0.769. The lowest BCUT2D eigenvalue weighted by molar-refractivity contribution is -0.161. The first-order chi connectivity index (χ1) is 44.1. The van der Waals surface area contributed by atoms with Gasteiger partial charge in [-0.1, -0.05) is 442 Å². The largest absolute Gasteiger partial charge is 0.462 e. The summed E-state index contributed by atoms with van der Waals surface area (Å²) >= 11 is 0. The molecule has 0 aliphatic heterocycles. The number of aliphatic hydroxyl groups excluding tert-OH is 1.